The highest BCUT2D eigenvalue weighted by Gasteiger charge is 2.49. The lowest BCUT2D eigenvalue weighted by Crippen LogP contribution is -2.49. The van der Waals surface area contributed by atoms with Crippen LogP contribution < -0.4 is 10.2 Å². The van der Waals surface area contributed by atoms with Gasteiger partial charge >= 0.3 is 0 Å². The Hall–Kier alpha value is -2.08. The topological polar surface area (TPSA) is 61.9 Å². The molecule has 6 heteroatoms. The number of hydrogen-bond donors (Lipinski definition) is 1. The Morgan fingerprint density at radius 3 is 2.64 bits per heavy atom. The normalized spacial score (nSPS) is 22.6. The van der Waals surface area contributed by atoms with Crippen molar-refractivity contribution >= 4 is 17.5 Å². The first-order valence-electron chi connectivity index (χ1n) is 8.97. The van der Waals surface area contributed by atoms with Crippen molar-refractivity contribution in [1.82, 2.24) is 10.2 Å². The van der Waals surface area contributed by atoms with Crippen LogP contribution in [0.3, 0.4) is 0 Å². The molecule has 3 rings (SSSR count). The summed E-state index contributed by atoms with van der Waals surface area (Å²) in [4.78, 5) is 28.8. The lowest BCUT2D eigenvalue weighted by molar-refractivity contribution is -0.135. The van der Waals surface area contributed by atoms with Crippen LogP contribution in [0.2, 0.25) is 0 Å². The monoisotopic (exact) mass is 345 g/mol. The van der Waals surface area contributed by atoms with Crippen LogP contribution in [0, 0.1) is 18.8 Å². The Morgan fingerprint density at radius 2 is 1.96 bits per heavy atom. The van der Waals surface area contributed by atoms with Crippen LogP contribution in [-0.2, 0) is 14.3 Å². The van der Waals surface area contributed by atoms with E-state index in [4.69, 9.17) is 4.74 Å². The van der Waals surface area contributed by atoms with E-state index >= 15 is 0 Å². The molecule has 25 heavy (non-hydrogen) atoms. The number of carbonyl (C=O) groups excluding carboxylic acids is 2. The Kier molecular flexibility index (Phi) is 5.58. The summed E-state index contributed by atoms with van der Waals surface area (Å²) >= 11 is 0. The maximum atomic E-state index is 12.6. The van der Waals surface area contributed by atoms with Crippen LogP contribution in [-0.4, -0.2) is 63.2 Å². The zero-order chi connectivity index (χ0) is 17.8. The van der Waals surface area contributed by atoms with E-state index in [-0.39, 0.29) is 23.7 Å². The molecule has 1 heterocycles. The fourth-order valence-corrected chi connectivity index (χ4v) is 3.41. The van der Waals surface area contributed by atoms with Crippen molar-refractivity contribution in [3.63, 3.8) is 0 Å². The van der Waals surface area contributed by atoms with Crippen molar-refractivity contribution in [2.75, 3.05) is 51.3 Å². The number of anilines is 1. The van der Waals surface area contributed by atoms with Gasteiger partial charge in [-0.2, -0.15) is 0 Å². The van der Waals surface area contributed by atoms with Crippen molar-refractivity contribution in [2.24, 2.45) is 11.8 Å². The highest BCUT2D eigenvalue weighted by atomic mass is 16.5. The number of benzene rings is 1. The molecule has 1 saturated carbocycles. The van der Waals surface area contributed by atoms with Gasteiger partial charge in [0.25, 0.3) is 0 Å². The van der Waals surface area contributed by atoms with E-state index in [0.717, 1.165) is 26.2 Å². The smallest absolute Gasteiger partial charge is 0.226 e. The van der Waals surface area contributed by atoms with Crippen LogP contribution in [0.1, 0.15) is 12.0 Å². The molecule has 1 saturated heterocycles. The van der Waals surface area contributed by atoms with Gasteiger partial charge in [-0.15, -0.1) is 0 Å². The van der Waals surface area contributed by atoms with Gasteiger partial charge in [-0.1, -0.05) is 12.1 Å². The lowest BCUT2D eigenvalue weighted by atomic mass is 10.2. The van der Waals surface area contributed by atoms with Gasteiger partial charge in [-0.3, -0.25) is 9.59 Å². The minimum Gasteiger partial charge on any atom is -0.383 e. The van der Waals surface area contributed by atoms with Crippen molar-refractivity contribution in [3.05, 3.63) is 29.8 Å². The summed E-state index contributed by atoms with van der Waals surface area (Å²) in [5.41, 5.74) is 2.46. The third-order valence-electron chi connectivity index (χ3n) is 5.01. The molecule has 0 radical (unpaired) electrons. The van der Waals surface area contributed by atoms with Gasteiger partial charge in [0.1, 0.15) is 0 Å². The molecule has 0 aromatic heterocycles. The van der Waals surface area contributed by atoms with Gasteiger partial charge in [-0.05, 0) is 31.0 Å². The zero-order valence-corrected chi connectivity index (χ0v) is 15.0. The van der Waals surface area contributed by atoms with Gasteiger partial charge in [0, 0.05) is 45.5 Å². The van der Waals surface area contributed by atoms with Crippen LogP contribution in [0.15, 0.2) is 24.3 Å². The number of methoxy groups -OCH3 is 1. The SMILES string of the molecule is COCCNC(=O)C1CC1C(=O)N1CCN(c2cccc(C)c2)CC1. The molecule has 2 amide bonds. The third-order valence-corrected chi connectivity index (χ3v) is 5.01. The number of piperazine rings is 1. The van der Waals surface area contributed by atoms with Gasteiger partial charge in [0.05, 0.1) is 18.4 Å². The Bertz CT molecular complexity index is 626. The summed E-state index contributed by atoms with van der Waals surface area (Å²) < 4.78 is 4.92. The molecule has 1 aliphatic carbocycles. The summed E-state index contributed by atoms with van der Waals surface area (Å²) in [5.74, 6) is -0.170. The predicted molar refractivity (Wildman–Crippen MR) is 96.5 cm³/mol. The van der Waals surface area contributed by atoms with E-state index in [0.29, 0.717) is 19.6 Å². The molecule has 6 nitrogen and oxygen atoms in total. The van der Waals surface area contributed by atoms with E-state index in [1.807, 2.05) is 4.90 Å². The quantitative estimate of drug-likeness (QED) is 0.783. The van der Waals surface area contributed by atoms with E-state index in [1.54, 1.807) is 7.11 Å². The van der Waals surface area contributed by atoms with Crippen LogP contribution in [0.4, 0.5) is 5.69 Å². The van der Waals surface area contributed by atoms with Gasteiger partial charge in [0.15, 0.2) is 0 Å². The lowest BCUT2D eigenvalue weighted by Gasteiger charge is -2.36. The molecule has 0 spiro atoms. The van der Waals surface area contributed by atoms with E-state index in [1.165, 1.54) is 11.3 Å². The average Bonchev–Trinajstić information content (AvgIpc) is 3.42. The standard InChI is InChI=1S/C19H27N3O3/c1-14-4-3-5-15(12-14)21-7-9-22(10-8-21)19(24)17-13-16(17)18(23)20-6-11-25-2/h3-5,12,16-17H,6-11,13H2,1-2H3,(H,20,23). The molecule has 2 aliphatic rings. The molecule has 0 bridgehead atoms. The molecular weight excluding hydrogens is 318 g/mol. The third kappa shape index (κ3) is 4.31. The molecule has 1 aliphatic heterocycles. The molecule has 1 N–H and O–H groups in total. The molecule has 1 aromatic rings. The van der Waals surface area contributed by atoms with Gasteiger partial charge in [-0.25, -0.2) is 0 Å². The average molecular weight is 345 g/mol. The maximum absolute atomic E-state index is 12.6. The molecule has 2 atom stereocenters. The number of nitrogens with zero attached hydrogens (tertiary/aromatic N) is 2. The molecule has 2 fully saturated rings. The van der Waals surface area contributed by atoms with Crippen molar-refractivity contribution in [3.8, 4) is 0 Å². The highest BCUT2D eigenvalue weighted by Crippen LogP contribution is 2.40. The molecule has 2 unspecified atom stereocenters. The molecular formula is C19H27N3O3. The Morgan fingerprint density at radius 1 is 1.20 bits per heavy atom. The van der Waals surface area contributed by atoms with Crippen molar-refractivity contribution < 1.29 is 14.3 Å². The van der Waals surface area contributed by atoms with E-state index in [2.05, 4.69) is 41.4 Å². The molecule has 136 valence electrons. The zero-order valence-electron chi connectivity index (χ0n) is 15.0. The number of nitrogens with one attached hydrogen (secondary N) is 1. The summed E-state index contributed by atoms with van der Waals surface area (Å²) in [6.45, 7) is 6.22. The van der Waals surface area contributed by atoms with E-state index < -0.39 is 0 Å². The highest BCUT2D eigenvalue weighted by molar-refractivity contribution is 5.92. The van der Waals surface area contributed by atoms with Gasteiger partial charge in [0.2, 0.25) is 11.8 Å². The fourth-order valence-electron chi connectivity index (χ4n) is 3.41. The first-order valence-corrected chi connectivity index (χ1v) is 8.97. The van der Waals surface area contributed by atoms with Crippen LogP contribution in [0.25, 0.3) is 0 Å². The van der Waals surface area contributed by atoms with Crippen molar-refractivity contribution in [1.29, 1.82) is 0 Å². The number of amides is 2. The largest absolute Gasteiger partial charge is 0.383 e. The Labute approximate surface area is 149 Å². The van der Waals surface area contributed by atoms with Crippen LogP contribution in [0.5, 0.6) is 0 Å². The fraction of sp³-hybridized carbons (Fsp3) is 0.579. The number of hydrogen-bond acceptors (Lipinski definition) is 4. The van der Waals surface area contributed by atoms with Crippen molar-refractivity contribution in [2.45, 2.75) is 13.3 Å². The van der Waals surface area contributed by atoms with Crippen LogP contribution >= 0.6 is 0 Å². The maximum Gasteiger partial charge on any atom is 0.226 e. The second-order valence-electron chi connectivity index (χ2n) is 6.88. The minimum absolute atomic E-state index is 0.0196. The summed E-state index contributed by atoms with van der Waals surface area (Å²) in [6.07, 6.45) is 0.676. The predicted octanol–water partition coefficient (Wildman–Crippen LogP) is 1.04. The molecule has 1 aromatic carbocycles. The second kappa shape index (κ2) is 7.87. The first-order chi connectivity index (χ1) is 12.1. The summed E-state index contributed by atoms with van der Waals surface area (Å²) in [5, 5.41) is 2.82. The summed E-state index contributed by atoms with van der Waals surface area (Å²) in [7, 11) is 1.60. The first kappa shape index (κ1) is 17.7. The van der Waals surface area contributed by atoms with E-state index in [9.17, 15) is 9.59 Å². The second-order valence-corrected chi connectivity index (χ2v) is 6.88. The number of ether oxygens (including phenoxy) is 1. The Balaban J connectivity index is 1.46. The van der Waals surface area contributed by atoms with Gasteiger partial charge < -0.3 is 19.9 Å². The number of rotatable bonds is 6. The summed E-state index contributed by atoms with van der Waals surface area (Å²) in [6, 6.07) is 8.46. The number of carbonyl (C=O) groups is 2. The number of aryl methyl sites for hydroxylation is 1. The minimum atomic E-state index is -0.154.